The predicted molar refractivity (Wildman–Crippen MR) is 51.2 cm³/mol. The van der Waals surface area contributed by atoms with E-state index in [1.807, 2.05) is 0 Å². The summed E-state index contributed by atoms with van der Waals surface area (Å²) < 4.78 is 0. The van der Waals surface area contributed by atoms with E-state index in [2.05, 4.69) is 6.92 Å². The minimum Gasteiger partial charge on any atom is -0.393 e. The Balaban J connectivity index is 2.09. The molecule has 0 aromatic heterocycles. The maximum Gasteiger partial charge on any atom is 0.0623 e. The summed E-state index contributed by atoms with van der Waals surface area (Å²) in [6.07, 6.45) is 4.99. The van der Waals surface area contributed by atoms with Crippen LogP contribution in [-0.4, -0.2) is 22.4 Å². The molecule has 2 nitrogen and oxygen atoms in total. The van der Waals surface area contributed by atoms with Crippen molar-refractivity contribution in [2.75, 3.05) is 0 Å². The van der Waals surface area contributed by atoms with Gasteiger partial charge in [0.2, 0.25) is 0 Å². The maximum absolute atomic E-state index is 9.99. The van der Waals surface area contributed by atoms with Gasteiger partial charge in [0.15, 0.2) is 0 Å². The fraction of sp³-hybridized carbons (Fsp3) is 1.00. The van der Waals surface area contributed by atoms with Crippen molar-refractivity contribution in [2.24, 2.45) is 17.8 Å². The van der Waals surface area contributed by atoms with Gasteiger partial charge in [-0.2, -0.15) is 0 Å². The number of hydrogen-bond acceptors (Lipinski definition) is 2. The molecule has 0 amide bonds. The highest BCUT2D eigenvalue weighted by Gasteiger charge is 2.46. The summed E-state index contributed by atoms with van der Waals surface area (Å²) in [5.74, 6) is 1.24. The number of fused-ring (bicyclic) bond motifs is 1. The van der Waals surface area contributed by atoms with Crippen molar-refractivity contribution in [3.05, 3.63) is 0 Å². The van der Waals surface area contributed by atoms with Crippen LogP contribution in [0.25, 0.3) is 0 Å². The highest BCUT2D eigenvalue weighted by molar-refractivity contribution is 4.96. The summed E-state index contributed by atoms with van der Waals surface area (Å²) in [5, 5.41) is 19.8. The van der Waals surface area contributed by atoms with E-state index in [1.165, 1.54) is 6.42 Å². The van der Waals surface area contributed by atoms with E-state index in [0.29, 0.717) is 11.8 Å². The Morgan fingerprint density at radius 1 is 1.23 bits per heavy atom. The lowest BCUT2D eigenvalue weighted by molar-refractivity contribution is -0.0220. The Hall–Kier alpha value is -0.0800. The zero-order valence-corrected chi connectivity index (χ0v) is 8.32. The third-order valence-corrected chi connectivity index (χ3v) is 4.07. The summed E-state index contributed by atoms with van der Waals surface area (Å²) in [5.41, 5.74) is 0. The minimum atomic E-state index is -0.231. The molecule has 13 heavy (non-hydrogen) atoms. The van der Waals surface area contributed by atoms with Gasteiger partial charge >= 0.3 is 0 Å². The molecular formula is C11H20O2. The molecule has 5 atom stereocenters. The van der Waals surface area contributed by atoms with Crippen LogP contribution in [0.4, 0.5) is 0 Å². The number of aliphatic hydroxyl groups excluding tert-OH is 2. The molecule has 0 spiro atoms. The lowest BCUT2D eigenvalue weighted by atomic mass is 9.79. The molecule has 2 N–H and O–H groups in total. The van der Waals surface area contributed by atoms with Crippen LogP contribution >= 0.6 is 0 Å². The van der Waals surface area contributed by atoms with Crippen LogP contribution in [-0.2, 0) is 0 Å². The van der Waals surface area contributed by atoms with Gasteiger partial charge < -0.3 is 10.2 Å². The molecule has 76 valence electrons. The first-order valence-corrected chi connectivity index (χ1v) is 5.60. The van der Waals surface area contributed by atoms with Gasteiger partial charge in [0.25, 0.3) is 0 Å². The average molecular weight is 184 g/mol. The quantitative estimate of drug-likeness (QED) is 0.649. The number of hydrogen-bond donors (Lipinski definition) is 2. The molecule has 0 heterocycles. The fourth-order valence-corrected chi connectivity index (χ4v) is 3.32. The molecular weight excluding hydrogens is 164 g/mol. The maximum atomic E-state index is 9.99. The second-order valence-corrected chi connectivity index (χ2v) is 4.73. The first-order valence-electron chi connectivity index (χ1n) is 5.60. The van der Waals surface area contributed by atoms with Gasteiger partial charge in [-0.15, -0.1) is 0 Å². The van der Waals surface area contributed by atoms with E-state index in [-0.39, 0.29) is 18.1 Å². The Morgan fingerprint density at radius 3 is 2.62 bits per heavy atom. The Morgan fingerprint density at radius 2 is 2.00 bits per heavy atom. The van der Waals surface area contributed by atoms with Crippen molar-refractivity contribution < 1.29 is 10.2 Å². The van der Waals surface area contributed by atoms with Crippen molar-refractivity contribution in [2.45, 2.75) is 51.2 Å². The van der Waals surface area contributed by atoms with Crippen LogP contribution in [0.15, 0.2) is 0 Å². The third-order valence-electron chi connectivity index (χ3n) is 4.07. The van der Waals surface area contributed by atoms with Crippen LogP contribution in [0, 0.1) is 17.8 Å². The molecule has 0 saturated heterocycles. The predicted octanol–water partition coefficient (Wildman–Crippen LogP) is 1.55. The number of aliphatic hydroxyl groups is 2. The highest BCUT2D eigenvalue weighted by atomic mass is 16.3. The third kappa shape index (κ3) is 1.50. The first-order chi connectivity index (χ1) is 6.24. The second kappa shape index (κ2) is 3.58. The van der Waals surface area contributed by atoms with E-state index in [9.17, 15) is 10.2 Å². The van der Waals surface area contributed by atoms with Crippen LogP contribution in [0.2, 0.25) is 0 Å². The summed E-state index contributed by atoms with van der Waals surface area (Å²) in [6.45, 7) is 2.14. The Bertz CT molecular complexity index is 179. The SMILES string of the molecule is CCC1CC2CCCC(O)C2C1O. The number of rotatable bonds is 1. The minimum absolute atomic E-state index is 0.193. The normalized spacial score (nSPS) is 50.5. The molecule has 2 heteroatoms. The zero-order valence-electron chi connectivity index (χ0n) is 8.32. The van der Waals surface area contributed by atoms with Crippen molar-refractivity contribution in [1.29, 1.82) is 0 Å². The van der Waals surface area contributed by atoms with E-state index >= 15 is 0 Å². The van der Waals surface area contributed by atoms with Gasteiger partial charge in [-0.3, -0.25) is 0 Å². The standard InChI is InChI=1S/C11H20O2/c1-2-7-6-8-4-3-5-9(12)10(8)11(7)13/h7-13H,2-6H2,1H3. The lowest BCUT2D eigenvalue weighted by Gasteiger charge is -2.32. The van der Waals surface area contributed by atoms with E-state index < -0.39 is 0 Å². The second-order valence-electron chi connectivity index (χ2n) is 4.73. The largest absolute Gasteiger partial charge is 0.393 e. The molecule has 2 aliphatic carbocycles. The smallest absolute Gasteiger partial charge is 0.0623 e. The van der Waals surface area contributed by atoms with E-state index in [4.69, 9.17) is 0 Å². The molecule has 0 aromatic rings. The van der Waals surface area contributed by atoms with Gasteiger partial charge in [0.05, 0.1) is 12.2 Å². The van der Waals surface area contributed by atoms with Crippen LogP contribution in [0.1, 0.15) is 39.0 Å². The molecule has 2 fully saturated rings. The average Bonchev–Trinajstić information content (AvgIpc) is 2.44. The molecule has 0 radical (unpaired) electrons. The summed E-state index contributed by atoms with van der Waals surface area (Å²) >= 11 is 0. The Kier molecular flexibility index (Phi) is 2.61. The highest BCUT2D eigenvalue weighted by Crippen LogP contribution is 2.46. The van der Waals surface area contributed by atoms with Crippen molar-refractivity contribution in [1.82, 2.24) is 0 Å². The first kappa shape index (κ1) is 9.47. The van der Waals surface area contributed by atoms with Gasteiger partial charge in [0, 0.05) is 5.92 Å². The summed E-state index contributed by atoms with van der Waals surface area (Å²) in [4.78, 5) is 0. The molecule has 0 aliphatic heterocycles. The molecule has 0 aromatic carbocycles. The van der Waals surface area contributed by atoms with Crippen molar-refractivity contribution >= 4 is 0 Å². The molecule has 2 aliphatic rings. The molecule has 0 bridgehead atoms. The lowest BCUT2D eigenvalue weighted by Crippen LogP contribution is -2.36. The zero-order chi connectivity index (χ0) is 9.42. The van der Waals surface area contributed by atoms with Crippen LogP contribution in [0.5, 0.6) is 0 Å². The molecule has 2 saturated carbocycles. The van der Waals surface area contributed by atoms with Gasteiger partial charge in [-0.25, -0.2) is 0 Å². The van der Waals surface area contributed by atoms with E-state index in [0.717, 1.165) is 25.7 Å². The van der Waals surface area contributed by atoms with Crippen molar-refractivity contribution in [3.63, 3.8) is 0 Å². The van der Waals surface area contributed by atoms with Gasteiger partial charge in [-0.05, 0) is 31.1 Å². The van der Waals surface area contributed by atoms with Crippen molar-refractivity contribution in [3.8, 4) is 0 Å². The summed E-state index contributed by atoms with van der Waals surface area (Å²) in [7, 11) is 0. The summed E-state index contributed by atoms with van der Waals surface area (Å²) in [6, 6.07) is 0. The molecule has 5 unspecified atom stereocenters. The Labute approximate surface area is 80.0 Å². The molecule has 2 rings (SSSR count). The topological polar surface area (TPSA) is 40.5 Å². The van der Waals surface area contributed by atoms with Gasteiger partial charge in [-0.1, -0.05) is 19.8 Å². The monoisotopic (exact) mass is 184 g/mol. The van der Waals surface area contributed by atoms with E-state index in [1.54, 1.807) is 0 Å². The van der Waals surface area contributed by atoms with Crippen LogP contribution in [0.3, 0.4) is 0 Å². The fourth-order valence-electron chi connectivity index (χ4n) is 3.32. The van der Waals surface area contributed by atoms with Crippen LogP contribution < -0.4 is 0 Å². The van der Waals surface area contributed by atoms with Gasteiger partial charge in [0.1, 0.15) is 0 Å².